The summed E-state index contributed by atoms with van der Waals surface area (Å²) in [5.74, 6) is -3.39. The van der Waals surface area contributed by atoms with E-state index in [-0.39, 0.29) is 30.4 Å². The Labute approximate surface area is 141 Å². The van der Waals surface area contributed by atoms with Crippen LogP contribution < -0.4 is 4.74 Å². The van der Waals surface area contributed by atoms with Crippen LogP contribution in [0.5, 0.6) is 5.75 Å². The maximum atomic E-state index is 14.0. The largest absolute Gasteiger partial charge is 0.492 e. The fourth-order valence-electron chi connectivity index (χ4n) is 2.46. The van der Waals surface area contributed by atoms with E-state index in [2.05, 4.69) is 0 Å². The summed E-state index contributed by atoms with van der Waals surface area (Å²) >= 11 is 1.18. The Morgan fingerprint density at radius 3 is 2.58 bits per heavy atom. The van der Waals surface area contributed by atoms with Crippen LogP contribution in [-0.4, -0.2) is 29.7 Å². The van der Waals surface area contributed by atoms with Gasteiger partial charge in [-0.2, -0.15) is 0 Å². The molecule has 0 N–H and O–H groups in total. The fraction of sp³-hybridized carbons (Fsp3) is 0.235. The zero-order valence-electron chi connectivity index (χ0n) is 12.5. The van der Waals surface area contributed by atoms with Gasteiger partial charge in [0.15, 0.2) is 17.5 Å². The normalized spacial score (nSPS) is 17.4. The predicted molar refractivity (Wildman–Crippen MR) is 85.2 cm³/mol. The van der Waals surface area contributed by atoms with Crippen molar-refractivity contribution < 1.29 is 22.7 Å². The lowest BCUT2D eigenvalue weighted by Crippen LogP contribution is -2.32. The van der Waals surface area contributed by atoms with Crippen LogP contribution in [-0.2, 0) is 4.79 Å². The Bertz CT molecular complexity index is 742. The van der Waals surface area contributed by atoms with Gasteiger partial charge in [-0.25, -0.2) is 13.2 Å². The molecule has 0 bridgehead atoms. The van der Waals surface area contributed by atoms with Crippen molar-refractivity contribution in [1.82, 2.24) is 4.90 Å². The summed E-state index contributed by atoms with van der Waals surface area (Å²) in [6.45, 7) is 0.446. The second-order valence-corrected chi connectivity index (χ2v) is 6.25. The highest BCUT2D eigenvalue weighted by molar-refractivity contribution is 8.00. The van der Waals surface area contributed by atoms with E-state index < -0.39 is 22.8 Å². The van der Waals surface area contributed by atoms with Gasteiger partial charge in [-0.3, -0.25) is 4.79 Å². The fourth-order valence-corrected chi connectivity index (χ4v) is 3.69. The molecule has 3 nitrogen and oxygen atoms in total. The van der Waals surface area contributed by atoms with Crippen LogP contribution >= 0.6 is 11.8 Å². The number of benzene rings is 2. The summed E-state index contributed by atoms with van der Waals surface area (Å²) in [5, 5.41) is -0.688. The SMILES string of the molecule is O=C1CSC(c2ccc(F)c(F)c2F)N1CCOc1ccccc1. The minimum absolute atomic E-state index is 0.0375. The van der Waals surface area contributed by atoms with E-state index in [1.54, 1.807) is 12.1 Å². The molecule has 126 valence electrons. The minimum atomic E-state index is -1.52. The number of halogens is 3. The Kier molecular flexibility index (Phi) is 4.99. The average Bonchev–Trinajstić information content (AvgIpc) is 2.95. The number of amides is 1. The summed E-state index contributed by atoms with van der Waals surface area (Å²) in [5.41, 5.74) is -0.0375. The minimum Gasteiger partial charge on any atom is -0.492 e. The maximum absolute atomic E-state index is 14.0. The van der Waals surface area contributed by atoms with Crippen LogP contribution in [0.1, 0.15) is 10.9 Å². The molecular weight excluding hydrogens is 339 g/mol. The second kappa shape index (κ2) is 7.17. The van der Waals surface area contributed by atoms with Crippen molar-refractivity contribution in [1.29, 1.82) is 0 Å². The maximum Gasteiger partial charge on any atom is 0.233 e. The van der Waals surface area contributed by atoms with Gasteiger partial charge < -0.3 is 9.64 Å². The van der Waals surface area contributed by atoms with Crippen molar-refractivity contribution in [3.05, 3.63) is 65.5 Å². The van der Waals surface area contributed by atoms with Crippen molar-refractivity contribution in [2.24, 2.45) is 0 Å². The van der Waals surface area contributed by atoms with Gasteiger partial charge in [0.25, 0.3) is 0 Å². The van der Waals surface area contributed by atoms with E-state index in [1.165, 1.54) is 22.7 Å². The number of ether oxygens (including phenoxy) is 1. The van der Waals surface area contributed by atoms with E-state index in [9.17, 15) is 18.0 Å². The van der Waals surface area contributed by atoms with Gasteiger partial charge in [0.1, 0.15) is 17.7 Å². The first-order valence-corrected chi connectivity index (χ1v) is 8.35. The number of para-hydroxylation sites is 1. The van der Waals surface area contributed by atoms with Crippen molar-refractivity contribution in [3.8, 4) is 5.75 Å². The molecule has 1 fully saturated rings. The second-order valence-electron chi connectivity index (χ2n) is 5.18. The molecule has 2 aromatic rings. The molecule has 1 aliphatic rings. The highest BCUT2D eigenvalue weighted by Crippen LogP contribution is 2.40. The van der Waals surface area contributed by atoms with Crippen molar-refractivity contribution in [3.63, 3.8) is 0 Å². The molecule has 0 spiro atoms. The number of thioether (sulfide) groups is 1. The van der Waals surface area contributed by atoms with E-state index in [0.717, 1.165) is 6.07 Å². The van der Waals surface area contributed by atoms with Crippen molar-refractivity contribution >= 4 is 17.7 Å². The summed E-state index contributed by atoms with van der Waals surface area (Å²) in [7, 11) is 0. The van der Waals surface area contributed by atoms with E-state index in [1.807, 2.05) is 18.2 Å². The lowest BCUT2D eigenvalue weighted by molar-refractivity contribution is -0.128. The van der Waals surface area contributed by atoms with Gasteiger partial charge >= 0.3 is 0 Å². The quantitative estimate of drug-likeness (QED) is 0.767. The van der Waals surface area contributed by atoms with Crippen molar-refractivity contribution in [2.75, 3.05) is 18.9 Å². The summed E-state index contributed by atoms with van der Waals surface area (Å²) in [6.07, 6.45) is 0. The van der Waals surface area contributed by atoms with Crippen molar-refractivity contribution in [2.45, 2.75) is 5.37 Å². The Hall–Kier alpha value is -2.15. The Morgan fingerprint density at radius 1 is 1.08 bits per heavy atom. The van der Waals surface area contributed by atoms with Gasteiger partial charge in [0, 0.05) is 5.56 Å². The molecule has 0 aromatic heterocycles. The summed E-state index contributed by atoms with van der Waals surface area (Å²) in [6, 6.07) is 11.1. The third-order valence-corrected chi connectivity index (χ3v) is 4.88. The van der Waals surface area contributed by atoms with Gasteiger partial charge in [0.05, 0.1) is 12.3 Å². The molecule has 0 aliphatic carbocycles. The molecule has 1 amide bonds. The third-order valence-electron chi connectivity index (χ3n) is 3.64. The topological polar surface area (TPSA) is 29.5 Å². The summed E-state index contributed by atoms with van der Waals surface area (Å²) < 4.78 is 46.1. The average molecular weight is 353 g/mol. The number of nitrogens with zero attached hydrogens (tertiary/aromatic N) is 1. The molecule has 1 aliphatic heterocycles. The number of rotatable bonds is 5. The summed E-state index contributed by atoms with van der Waals surface area (Å²) in [4.78, 5) is 13.4. The zero-order valence-corrected chi connectivity index (χ0v) is 13.4. The first-order chi connectivity index (χ1) is 11.6. The van der Waals surface area contributed by atoms with Crippen LogP contribution in [0, 0.1) is 17.5 Å². The number of hydrogen-bond donors (Lipinski definition) is 0. The highest BCUT2D eigenvalue weighted by atomic mass is 32.2. The molecule has 1 unspecified atom stereocenters. The lowest BCUT2D eigenvalue weighted by Gasteiger charge is -2.24. The number of carbonyl (C=O) groups excluding carboxylic acids is 1. The molecule has 24 heavy (non-hydrogen) atoms. The van der Waals surface area contributed by atoms with Crippen LogP contribution in [0.25, 0.3) is 0 Å². The van der Waals surface area contributed by atoms with Crippen LogP contribution in [0.15, 0.2) is 42.5 Å². The monoisotopic (exact) mass is 353 g/mol. The van der Waals surface area contributed by atoms with E-state index >= 15 is 0 Å². The Morgan fingerprint density at radius 2 is 1.83 bits per heavy atom. The van der Waals surface area contributed by atoms with Gasteiger partial charge in [0.2, 0.25) is 5.91 Å². The number of carbonyl (C=O) groups is 1. The van der Waals surface area contributed by atoms with Gasteiger partial charge in [-0.05, 0) is 18.2 Å². The van der Waals surface area contributed by atoms with Crippen LogP contribution in [0.2, 0.25) is 0 Å². The molecule has 7 heteroatoms. The smallest absolute Gasteiger partial charge is 0.233 e. The molecular formula is C17H14F3NO2S. The molecule has 3 rings (SSSR count). The van der Waals surface area contributed by atoms with Gasteiger partial charge in [-0.1, -0.05) is 24.3 Å². The zero-order chi connectivity index (χ0) is 17.1. The first kappa shape index (κ1) is 16.7. The molecule has 2 aromatic carbocycles. The molecule has 0 saturated carbocycles. The molecule has 1 atom stereocenters. The standard InChI is InChI=1S/C17H14F3NO2S/c18-13-7-6-12(15(19)16(13)20)17-21(14(22)10-24-17)8-9-23-11-4-2-1-3-5-11/h1-7,17H,8-10H2. The molecule has 1 saturated heterocycles. The predicted octanol–water partition coefficient (Wildman–Crippen LogP) is 3.76. The third kappa shape index (κ3) is 3.36. The van der Waals surface area contributed by atoms with Crippen LogP contribution in [0.3, 0.4) is 0 Å². The Balaban J connectivity index is 1.72. The lowest BCUT2D eigenvalue weighted by atomic mass is 10.1. The highest BCUT2D eigenvalue weighted by Gasteiger charge is 2.35. The molecule has 1 heterocycles. The number of hydrogen-bond acceptors (Lipinski definition) is 3. The van der Waals surface area contributed by atoms with E-state index in [4.69, 9.17) is 4.74 Å². The molecule has 0 radical (unpaired) electrons. The van der Waals surface area contributed by atoms with Gasteiger partial charge in [-0.15, -0.1) is 11.8 Å². The van der Waals surface area contributed by atoms with Crippen LogP contribution in [0.4, 0.5) is 13.2 Å². The van der Waals surface area contributed by atoms with E-state index in [0.29, 0.717) is 5.75 Å². The first-order valence-electron chi connectivity index (χ1n) is 7.30.